The lowest BCUT2D eigenvalue weighted by atomic mass is 10.2. The number of pyridine rings is 1. The van der Waals surface area contributed by atoms with Crippen LogP contribution in [0.5, 0.6) is 0 Å². The van der Waals surface area contributed by atoms with Gasteiger partial charge in [-0.05, 0) is 30.7 Å². The first-order valence-electron chi connectivity index (χ1n) is 5.36. The third-order valence-corrected chi connectivity index (χ3v) is 2.49. The Bertz CT molecular complexity index is 627. The van der Waals surface area contributed by atoms with Gasteiger partial charge < -0.3 is 5.32 Å². The van der Waals surface area contributed by atoms with E-state index in [9.17, 15) is 18.0 Å². The summed E-state index contributed by atoms with van der Waals surface area (Å²) in [4.78, 5) is 15.0. The number of anilines is 1. The topological polar surface area (TPSA) is 42.0 Å². The van der Waals surface area contributed by atoms with Crippen molar-refractivity contribution in [3.05, 3.63) is 59.2 Å². The van der Waals surface area contributed by atoms with Crippen LogP contribution in [0.2, 0.25) is 0 Å². The fraction of sp³-hybridized carbons (Fsp3) is 0.0769. The molecule has 0 spiro atoms. The number of carbonyl (C=O) groups excluding carboxylic acids is 1. The first-order valence-corrected chi connectivity index (χ1v) is 5.36. The standard InChI is InChI=1S/C13H9F3N2O/c1-7-4-10(15)11(5-9(7)14)18-13(19)8-2-3-12(16)17-6-8/h2-6H,1H3,(H,18,19). The SMILES string of the molecule is Cc1cc(F)c(NC(=O)c2ccc(F)nc2)cc1F. The van der Waals surface area contributed by atoms with Crippen LogP contribution in [0.1, 0.15) is 15.9 Å². The van der Waals surface area contributed by atoms with Gasteiger partial charge in [0.15, 0.2) is 0 Å². The number of nitrogens with zero attached hydrogens (tertiary/aromatic N) is 1. The highest BCUT2D eigenvalue weighted by Crippen LogP contribution is 2.19. The molecule has 0 radical (unpaired) electrons. The van der Waals surface area contributed by atoms with Crippen LogP contribution >= 0.6 is 0 Å². The smallest absolute Gasteiger partial charge is 0.257 e. The maximum atomic E-state index is 13.5. The van der Waals surface area contributed by atoms with E-state index in [2.05, 4.69) is 10.3 Å². The van der Waals surface area contributed by atoms with Gasteiger partial charge in [-0.2, -0.15) is 4.39 Å². The zero-order chi connectivity index (χ0) is 14.0. The Morgan fingerprint density at radius 3 is 2.53 bits per heavy atom. The number of amides is 1. The van der Waals surface area contributed by atoms with Gasteiger partial charge in [-0.1, -0.05) is 0 Å². The minimum atomic E-state index is -0.748. The van der Waals surface area contributed by atoms with Crippen molar-refractivity contribution in [3.8, 4) is 0 Å². The van der Waals surface area contributed by atoms with Crippen molar-refractivity contribution >= 4 is 11.6 Å². The van der Waals surface area contributed by atoms with Gasteiger partial charge in [0.25, 0.3) is 5.91 Å². The molecule has 6 heteroatoms. The zero-order valence-corrected chi connectivity index (χ0v) is 9.88. The molecule has 0 fully saturated rings. The molecule has 3 nitrogen and oxygen atoms in total. The monoisotopic (exact) mass is 266 g/mol. The molecule has 98 valence electrons. The van der Waals surface area contributed by atoms with Crippen molar-refractivity contribution in [1.29, 1.82) is 0 Å². The van der Waals surface area contributed by atoms with E-state index < -0.39 is 23.5 Å². The molecule has 2 rings (SSSR count). The molecular weight excluding hydrogens is 257 g/mol. The normalized spacial score (nSPS) is 10.3. The minimum absolute atomic E-state index is 0.0433. The molecule has 1 aromatic heterocycles. The highest BCUT2D eigenvalue weighted by atomic mass is 19.1. The summed E-state index contributed by atoms with van der Waals surface area (Å²) >= 11 is 0. The molecule has 0 saturated heterocycles. The van der Waals surface area contributed by atoms with E-state index in [1.807, 2.05) is 0 Å². The van der Waals surface area contributed by atoms with Crippen LogP contribution in [0.3, 0.4) is 0 Å². The van der Waals surface area contributed by atoms with Gasteiger partial charge in [-0.3, -0.25) is 4.79 Å². The Labute approximate surface area is 107 Å². The molecule has 0 aliphatic heterocycles. The van der Waals surface area contributed by atoms with Crippen LogP contribution in [0.15, 0.2) is 30.5 Å². The van der Waals surface area contributed by atoms with E-state index in [-0.39, 0.29) is 16.8 Å². The number of aryl methyl sites for hydroxylation is 1. The number of hydrogen-bond donors (Lipinski definition) is 1. The van der Waals surface area contributed by atoms with Crippen molar-refractivity contribution < 1.29 is 18.0 Å². The number of carbonyl (C=O) groups is 1. The second kappa shape index (κ2) is 5.09. The van der Waals surface area contributed by atoms with Crippen LogP contribution in [-0.4, -0.2) is 10.9 Å². The van der Waals surface area contributed by atoms with Crippen molar-refractivity contribution in [2.75, 3.05) is 5.32 Å². The summed E-state index contributed by atoms with van der Waals surface area (Å²) in [5.74, 6) is -2.81. The van der Waals surface area contributed by atoms with Crippen LogP contribution in [0, 0.1) is 24.5 Å². The third kappa shape index (κ3) is 2.90. The second-order valence-electron chi connectivity index (χ2n) is 3.90. The van der Waals surface area contributed by atoms with Gasteiger partial charge in [0, 0.05) is 12.3 Å². The van der Waals surface area contributed by atoms with Crippen molar-refractivity contribution in [1.82, 2.24) is 4.98 Å². The largest absolute Gasteiger partial charge is 0.319 e. The number of nitrogens with one attached hydrogen (secondary N) is 1. The average molecular weight is 266 g/mol. The van der Waals surface area contributed by atoms with Gasteiger partial charge in [0.05, 0.1) is 11.3 Å². The van der Waals surface area contributed by atoms with Gasteiger partial charge in [0.1, 0.15) is 11.6 Å². The Morgan fingerprint density at radius 2 is 1.89 bits per heavy atom. The van der Waals surface area contributed by atoms with Gasteiger partial charge in [-0.25, -0.2) is 13.8 Å². The van der Waals surface area contributed by atoms with Gasteiger partial charge >= 0.3 is 0 Å². The van der Waals surface area contributed by atoms with E-state index in [4.69, 9.17) is 0 Å². The van der Waals surface area contributed by atoms with E-state index in [0.29, 0.717) is 0 Å². The Hall–Kier alpha value is -2.37. The summed E-state index contributed by atoms with van der Waals surface area (Å²) in [6.45, 7) is 1.41. The van der Waals surface area contributed by atoms with E-state index >= 15 is 0 Å². The van der Waals surface area contributed by atoms with Gasteiger partial charge in [0.2, 0.25) is 5.95 Å². The second-order valence-corrected chi connectivity index (χ2v) is 3.90. The predicted octanol–water partition coefficient (Wildman–Crippen LogP) is 3.06. The first kappa shape index (κ1) is 13.1. The van der Waals surface area contributed by atoms with Crippen LogP contribution in [0.4, 0.5) is 18.9 Å². The van der Waals surface area contributed by atoms with Crippen molar-refractivity contribution in [3.63, 3.8) is 0 Å². The van der Waals surface area contributed by atoms with E-state index in [0.717, 1.165) is 24.4 Å². The summed E-state index contributed by atoms with van der Waals surface area (Å²) < 4.78 is 39.4. The molecule has 0 atom stereocenters. The van der Waals surface area contributed by atoms with Crippen molar-refractivity contribution in [2.24, 2.45) is 0 Å². The lowest BCUT2D eigenvalue weighted by Crippen LogP contribution is -2.14. The number of benzene rings is 1. The van der Waals surface area contributed by atoms with Crippen LogP contribution in [0.25, 0.3) is 0 Å². The van der Waals surface area contributed by atoms with Crippen LogP contribution in [-0.2, 0) is 0 Å². The van der Waals surface area contributed by atoms with Gasteiger partial charge in [-0.15, -0.1) is 0 Å². The molecule has 0 bridgehead atoms. The average Bonchev–Trinajstić information content (AvgIpc) is 2.36. The highest BCUT2D eigenvalue weighted by Gasteiger charge is 2.12. The molecule has 2 aromatic rings. The number of hydrogen-bond acceptors (Lipinski definition) is 2. The fourth-order valence-electron chi connectivity index (χ4n) is 1.45. The summed E-state index contributed by atoms with van der Waals surface area (Å²) in [6.07, 6.45) is 1.01. The summed E-state index contributed by atoms with van der Waals surface area (Å²) in [7, 11) is 0. The number of aromatic nitrogens is 1. The molecule has 0 saturated carbocycles. The van der Waals surface area contributed by atoms with E-state index in [1.54, 1.807) is 0 Å². The minimum Gasteiger partial charge on any atom is -0.319 e. The molecule has 0 aliphatic rings. The molecule has 0 unspecified atom stereocenters. The molecule has 19 heavy (non-hydrogen) atoms. The highest BCUT2D eigenvalue weighted by molar-refractivity contribution is 6.04. The summed E-state index contributed by atoms with van der Waals surface area (Å²) in [5, 5.41) is 2.20. The Balaban J connectivity index is 2.24. The van der Waals surface area contributed by atoms with E-state index in [1.165, 1.54) is 13.0 Å². The predicted molar refractivity (Wildman–Crippen MR) is 63.2 cm³/mol. The molecule has 1 aromatic carbocycles. The number of rotatable bonds is 2. The van der Waals surface area contributed by atoms with Crippen molar-refractivity contribution in [2.45, 2.75) is 6.92 Å². The third-order valence-electron chi connectivity index (χ3n) is 2.49. The quantitative estimate of drug-likeness (QED) is 0.849. The lowest BCUT2D eigenvalue weighted by Gasteiger charge is -2.07. The molecule has 1 heterocycles. The molecule has 0 aliphatic carbocycles. The molecular formula is C13H9F3N2O. The Kier molecular flexibility index (Phi) is 3.50. The maximum absolute atomic E-state index is 13.5. The molecule has 1 N–H and O–H groups in total. The first-order chi connectivity index (χ1) is 8.97. The maximum Gasteiger partial charge on any atom is 0.257 e. The zero-order valence-electron chi connectivity index (χ0n) is 9.88. The Morgan fingerprint density at radius 1 is 1.16 bits per heavy atom. The molecule has 1 amide bonds. The fourth-order valence-corrected chi connectivity index (χ4v) is 1.45. The summed E-state index contributed by atoms with van der Waals surface area (Å²) in [6, 6.07) is 4.06. The lowest BCUT2D eigenvalue weighted by molar-refractivity contribution is 0.102. The summed E-state index contributed by atoms with van der Waals surface area (Å²) in [5.41, 5.74) is -0.0989. The van der Waals surface area contributed by atoms with Crippen LogP contribution < -0.4 is 5.32 Å². The number of halogens is 3.